The van der Waals surface area contributed by atoms with Crippen LogP contribution in [0.15, 0.2) is 0 Å². The minimum absolute atomic E-state index is 0. The zero-order valence-electron chi connectivity index (χ0n) is 35.1. The molecule has 0 atom stereocenters. The molecule has 0 fully saturated rings. The molecule has 15 heteroatoms. The maximum absolute atomic E-state index is 11.2. The Balaban J connectivity index is -0.000000846. The van der Waals surface area contributed by atoms with Gasteiger partial charge in [0, 0.05) is 0 Å². The number of rotatable bonds is 28. The van der Waals surface area contributed by atoms with Crippen molar-refractivity contribution in [2.75, 3.05) is 205 Å². The molecule has 0 aromatic heterocycles. The Kier molecular flexibility index (Phi) is 45.6. The quantitative estimate of drug-likeness (QED) is 0.0605. The summed E-state index contributed by atoms with van der Waals surface area (Å²) in [6.45, 7) is 38.2. The van der Waals surface area contributed by atoms with E-state index in [1.54, 1.807) is 0 Å². The van der Waals surface area contributed by atoms with Crippen LogP contribution in [0, 0.1) is 51.1 Å². The number of aliphatic hydroxyl groups is 2. The summed E-state index contributed by atoms with van der Waals surface area (Å²) in [6, 6.07) is 0. The van der Waals surface area contributed by atoms with Crippen LogP contribution in [0.5, 0.6) is 0 Å². The second kappa shape index (κ2) is 37.4. The van der Waals surface area contributed by atoms with Crippen molar-refractivity contribution in [2.45, 2.75) is 0 Å². The van der Waals surface area contributed by atoms with Crippen molar-refractivity contribution in [1.82, 2.24) is 0 Å². The molecule has 0 rings (SSSR count). The van der Waals surface area contributed by atoms with E-state index in [2.05, 4.69) is 107 Å². The average molecular weight is 1130 g/mol. The first-order valence-electron chi connectivity index (χ1n) is 17.6. The Morgan fingerprint density at radius 3 is 0.429 bits per heavy atom. The van der Waals surface area contributed by atoms with Crippen molar-refractivity contribution in [1.29, 1.82) is 0 Å². The molecule has 0 bridgehead atoms. The maximum Gasteiger partial charge on any atom is 2.00 e. The molecule has 0 heterocycles. The third-order valence-electron chi connectivity index (χ3n) is 7.67. The van der Waals surface area contributed by atoms with Crippen LogP contribution in [-0.2, 0) is 0 Å². The number of hydrogen-bond acceptors (Lipinski definition) is 2. The van der Waals surface area contributed by atoms with E-state index in [1.807, 2.05) is 0 Å². The standard InChI is InChI=1S/2C17H41OP6.Th/c2*1-19(2)9-13-23(14-10-20(3)4)17(18)24(15-11-21(5)6)16-12-22(7)8;/h2*18H,9-16H2,1-8H3;/q2*-1;+2. The van der Waals surface area contributed by atoms with Gasteiger partial charge in [-0.05, 0) is 156 Å². The molecule has 0 amide bonds. The molecule has 49 heavy (non-hydrogen) atoms. The molecule has 2 nitrogen and oxygen atoms in total. The zero-order valence-corrected chi connectivity index (χ0v) is 49.9. The monoisotopic (exact) mass is 1130 g/mol. The van der Waals surface area contributed by atoms with E-state index < -0.39 is 0 Å². The molecule has 0 aliphatic heterocycles. The first-order chi connectivity index (χ1) is 22.3. The van der Waals surface area contributed by atoms with Crippen LogP contribution in [0.3, 0.4) is 0 Å². The van der Waals surface area contributed by atoms with Crippen molar-refractivity contribution >= 4 is 95.1 Å². The molecule has 0 aromatic rings. The molecule has 0 saturated heterocycles. The third-order valence-corrected chi connectivity index (χ3v) is 31.2. The van der Waals surface area contributed by atoms with Crippen LogP contribution in [0.25, 0.3) is 0 Å². The van der Waals surface area contributed by atoms with E-state index in [-0.39, 0.29) is 135 Å². The van der Waals surface area contributed by atoms with E-state index in [0.29, 0.717) is 0 Å². The van der Waals surface area contributed by atoms with Crippen molar-refractivity contribution in [3.05, 3.63) is 11.2 Å². The molecule has 2 N–H and O–H groups in total. The van der Waals surface area contributed by atoms with Crippen molar-refractivity contribution in [2.24, 2.45) is 0 Å². The van der Waals surface area contributed by atoms with E-state index >= 15 is 0 Å². The van der Waals surface area contributed by atoms with Crippen LogP contribution in [0.4, 0.5) is 0 Å². The van der Waals surface area contributed by atoms with Crippen molar-refractivity contribution < 1.29 is 50.2 Å². The number of hydrogen-bond donors (Lipinski definition) is 2. The number of aliphatic hydroxyl groups excluding tert-OH is 2. The van der Waals surface area contributed by atoms with Gasteiger partial charge in [-0.15, -0.1) is 74.5 Å². The predicted molar refractivity (Wildman–Crippen MR) is 266 cm³/mol. The minimum Gasteiger partial charge on any atom is -0.553 e. The molecule has 0 radical (unpaired) electrons. The fraction of sp³-hybridized carbons (Fsp3) is 0.941. The third kappa shape index (κ3) is 38.4. The minimum atomic E-state index is -0.240. The van der Waals surface area contributed by atoms with Crippen LogP contribution in [0.1, 0.15) is 0 Å². The topological polar surface area (TPSA) is 40.5 Å². The zero-order chi connectivity index (χ0) is 37.4. The average Bonchev–Trinajstić information content (AvgIpc) is 2.96. The SMILES string of the molecule is CP(C)CCP(CCP(C)C)[C-](O)P(CCP(C)C)CCP(C)C.CP(C)CCP(CCP(C)C)[C-](O)P(CCP(C)C)CCP(C)C.[Th+2]. The smallest absolute Gasteiger partial charge is 0.553 e. The van der Waals surface area contributed by atoms with Gasteiger partial charge >= 0.3 is 39.9 Å². The second-order valence-electron chi connectivity index (χ2n) is 15.0. The molecule has 294 valence electrons. The summed E-state index contributed by atoms with van der Waals surface area (Å²) < 4.78 is 0. The van der Waals surface area contributed by atoms with Gasteiger partial charge < -0.3 is 10.2 Å². The molecule has 0 unspecified atom stereocenters. The first kappa shape index (κ1) is 59.7. The van der Waals surface area contributed by atoms with Gasteiger partial charge in [0.2, 0.25) is 0 Å². The van der Waals surface area contributed by atoms with Crippen molar-refractivity contribution in [3.8, 4) is 0 Å². The van der Waals surface area contributed by atoms with Gasteiger partial charge in [-0.25, -0.2) is 31.7 Å². The Morgan fingerprint density at radius 1 is 0.245 bits per heavy atom. The summed E-state index contributed by atoms with van der Waals surface area (Å²) in [5.74, 6) is 0. The first-order valence-corrected chi connectivity index (χ1v) is 43.8. The van der Waals surface area contributed by atoms with Crippen LogP contribution >= 0.6 is 95.1 Å². The van der Waals surface area contributed by atoms with E-state index in [4.69, 9.17) is 0 Å². The summed E-state index contributed by atoms with van der Waals surface area (Å²) in [5.41, 5.74) is 2.03. The molecule has 0 spiro atoms. The molecule has 0 aliphatic carbocycles. The van der Waals surface area contributed by atoms with Crippen LogP contribution in [0.2, 0.25) is 0 Å². The Hall–Kier alpha value is 6.40. The Labute approximate surface area is 358 Å². The van der Waals surface area contributed by atoms with Crippen molar-refractivity contribution in [3.63, 3.8) is 0 Å². The molecule has 0 saturated carbocycles. The Morgan fingerprint density at radius 2 is 0.347 bits per heavy atom. The molecule has 0 aliphatic rings. The second-order valence-corrected chi connectivity index (χ2v) is 46.1. The normalized spacial score (nSPS) is 12.7. The van der Waals surface area contributed by atoms with E-state index in [9.17, 15) is 10.2 Å². The summed E-state index contributed by atoms with van der Waals surface area (Å²) in [6.07, 6.45) is 21.1. The van der Waals surface area contributed by atoms with Gasteiger partial charge in [0.25, 0.3) is 0 Å². The molecular weight excluding hydrogens is 1040 g/mol. The molecular formula is C34H82O2P12Th. The summed E-state index contributed by atoms with van der Waals surface area (Å²) in [5, 5.41) is 22.4. The fourth-order valence-corrected chi connectivity index (χ4v) is 32.8. The Bertz CT molecular complexity index is 559. The summed E-state index contributed by atoms with van der Waals surface area (Å²) in [4.78, 5) is 0. The van der Waals surface area contributed by atoms with Gasteiger partial charge in [-0.1, -0.05) is 49.3 Å². The molecule has 0 aromatic carbocycles. The van der Waals surface area contributed by atoms with Crippen LogP contribution in [-0.4, -0.2) is 215 Å². The van der Waals surface area contributed by atoms with Gasteiger partial charge in [0.15, 0.2) is 0 Å². The summed E-state index contributed by atoms with van der Waals surface area (Å²) in [7, 11) is 0.410. The maximum atomic E-state index is 11.2. The summed E-state index contributed by atoms with van der Waals surface area (Å²) >= 11 is 0. The van der Waals surface area contributed by atoms with Gasteiger partial charge in [-0.2, -0.15) is 0 Å². The predicted octanol–water partition coefficient (Wildman–Crippen LogP) is 13.5. The van der Waals surface area contributed by atoms with E-state index in [0.717, 1.165) is 11.2 Å². The fourth-order valence-electron chi connectivity index (χ4n) is 4.21. The largest absolute Gasteiger partial charge is 2.00 e. The van der Waals surface area contributed by atoms with Gasteiger partial charge in [-0.3, -0.25) is 0 Å². The van der Waals surface area contributed by atoms with E-state index in [1.165, 1.54) is 98.6 Å². The van der Waals surface area contributed by atoms with Gasteiger partial charge in [0.05, 0.1) is 0 Å². The van der Waals surface area contributed by atoms with Gasteiger partial charge in [0.1, 0.15) is 0 Å². The van der Waals surface area contributed by atoms with Crippen LogP contribution < -0.4 is 0 Å².